The molecule has 0 N–H and O–H groups in total. The predicted molar refractivity (Wildman–Crippen MR) is 59.3 cm³/mol. The van der Waals surface area contributed by atoms with E-state index in [0.717, 1.165) is 6.08 Å². The monoisotopic (exact) mass is 260 g/mol. The minimum absolute atomic E-state index is 0.0338. The van der Waals surface area contributed by atoms with E-state index in [9.17, 15) is 18.0 Å². The van der Waals surface area contributed by atoms with Crippen molar-refractivity contribution < 1.29 is 18.0 Å². The van der Waals surface area contributed by atoms with Crippen LogP contribution >= 0.6 is 0 Å². The van der Waals surface area contributed by atoms with Crippen LogP contribution in [0.15, 0.2) is 11.6 Å². The van der Waals surface area contributed by atoms with Gasteiger partial charge in [-0.15, -0.1) is 0 Å². The molecular weight excluding hydrogens is 245 g/mol. The molecule has 1 amide bonds. The van der Waals surface area contributed by atoms with Gasteiger partial charge in [0.2, 0.25) is 5.91 Å². The van der Waals surface area contributed by atoms with Crippen molar-refractivity contribution >= 4 is 5.91 Å². The highest BCUT2D eigenvalue weighted by molar-refractivity contribution is 5.81. The lowest BCUT2D eigenvalue weighted by Crippen LogP contribution is -2.40. The predicted octanol–water partition coefficient (Wildman–Crippen LogP) is 2.65. The normalized spacial score (nSPS) is 17.9. The fourth-order valence-electron chi connectivity index (χ4n) is 1.88. The van der Waals surface area contributed by atoms with Gasteiger partial charge in [0, 0.05) is 18.7 Å². The molecule has 1 aliphatic heterocycles. The zero-order chi connectivity index (χ0) is 13.8. The third-order valence-electron chi connectivity index (χ3n) is 2.92. The van der Waals surface area contributed by atoms with E-state index in [1.165, 1.54) is 4.90 Å². The standard InChI is InChI=1S/C12H15F3N2O/c1-2-3-9(8-16)11(18)17-6-4-10(5-7-17)12(13,14)15/h4,9H,2-3,5-7H2,1H3. The van der Waals surface area contributed by atoms with Gasteiger partial charge in [-0.25, -0.2) is 0 Å². The molecule has 18 heavy (non-hydrogen) atoms. The van der Waals surface area contributed by atoms with Gasteiger partial charge in [-0.2, -0.15) is 18.4 Å². The molecule has 1 unspecified atom stereocenters. The van der Waals surface area contributed by atoms with Gasteiger partial charge >= 0.3 is 6.18 Å². The van der Waals surface area contributed by atoms with Crippen LogP contribution in [-0.2, 0) is 4.79 Å². The maximum atomic E-state index is 12.4. The highest BCUT2D eigenvalue weighted by atomic mass is 19.4. The summed E-state index contributed by atoms with van der Waals surface area (Å²) in [4.78, 5) is 13.2. The number of nitriles is 1. The summed E-state index contributed by atoms with van der Waals surface area (Å²) in [7, 11) is 0. The van der Waals surface area contributed by atoms with Gasteiger partial charge in [-0.05, 0) is 12.8 Å². The zero-order valence-corrected chi connectivity index (χ0v) is 10.1. The average Bonchev–Trinajstić information content (AvgIpc) is 2.34. The van der Waals surface area contributed by atoms with Crippen LogP contribution in [0.4, 0.5) is 13.2 Å². The number of carbonyl (C=O) groups excluding carboxylic acids is 1. The second-order valence-electron chi connectivity index (χ2n) is 4.23. The lowest BCUT2D eigenvalue weighted by molar-refractivity contribution is -0.134. The smallest absolute Gasteiger partial charge is 0.337 e. The number of hydrogen-bond donors (Lipinski definition) is 0. The van der Waals surface area contributed by atoms with Crippen LogP contribution in [0.5, 0.6) is 0 Å². The van der Waals surface area contributed by atoms with Crippen LogP contribution < -0.4 is 0 Å². The lowest BCUT2D eigenvalue weighted by Gasteiger charge is -2.28. The van der Waals surface area contributed by atoms with Gasteiger partial charge in [0.05, 0.1) is 6.07 Å². The van der Waals surface area contributed by atoms with Gasteiger partial charge in [-0.1, -0.05) is 19.4 Å². The molecule has 6 heteroatoms. The summed E-state index contributed by atoms with van der Waals surface area (Å²) in [6, 6.07) is 1.91. The van der Waals surface area contributed by atoms with Gasteiger partial charge in [0.1, 0.15) is 5.92 Å². The number of carbonyl (C=O) groups is 1. The molecule has 0 aliphatic carbocycles. The first-order valence-electron chi connectivity index (χ1n) is 5.84. The molecule has 1 aliphatic rings. The largest absolute Gasteiger partial charge is 0.412 e. The van der Waals surface area contributed by atoms with Crippen LogP contribution in [-0.4, -0.2) is 30.1 Å². The highest BCUT2D eigenvalue weighted by Crippen LogP contribution is 2.30. The Balaban J connectivity index is 2.65. The van der Waals surface area contributed by atoms with Crippen LogP contribution in [0.2, 0.25) is 0 Å². The maximum absolute atomic E-state index is 12.4. The van der Waals surface area contributed by atoms with E-state index >= 15 is 0 Å². The Labute approximate surface area is 104 Å². The molecule has 1 rings (SSSR count). The molecule has 0 aromatic heterocycles. The SMILES string of the molecule is CCCC(C#N)C(=O)N1CC=C(C(F)(F)F)CC1. The summed E-state index contributed by atoms with van der Waals surface area (Å²) in [6.45, 7) is 1.83. The number of alkyl halides is 3. The number of rotatable bonds is 3. The fraction of sp³-hybridized carbons (Fsp3) is 0.667. The molecule has 0 radical (unpaired) electrons. The number of hydrogen-bond acceptors (Lipinski definition) is 2. The quantitative estimate of drug-likeness (QED) is 0.732. The summed E-state index contributed by atoms with van der Waals surface area (Å²) in [6.07, 6.45) is -2.34. The van der Waals surface area contributed by atoms with Crippen molar-refractivity contribution in [2.24, 2.45) is 5.92 Å². The maximum Gasteiger partial charge on any atom is 0.412 e. The Bertz CT molecular complexity index is 382. The zero-order valence-electron chi connectivity index (χ0n) is 10.1. The van der Waals surface area contributed by atoms with E-state index in [1.54, 1.807) is 0 Å². The van der Waals surface area contributed by atoms with Crippen molar-refractivity contribution in [1.82, 2.24) is 4.90 Å². The molecule has 0 fully saturated rings. The van der Waals surface area contributed by atoms with E-state index in [1.807, 2.05) is 13.0 Å². The van der Waals surface area contributed by atoms with Crippen LogP contribution in [0, 0.1) is 17.2 Å². The first-order valence-corrected chi connectivity index (χ1v) is 5.84. The van der Waals surface area contributed by atoms with Crippen molar-refractivity contribution in [2.75, 3.05) is 13.1 Å². The number of halogens is 3. The first-order chi connectivity index (χ1) is 8.40. The van der Waals surface area contributed by atoms with Crippen molar-refractivity contribution in [3.8, 4) is 6.07 Å². The second kappa shape index (κ2) is 5.89. The minimum Gasteiger partial charge on any atom is -0.337 e. The molecule has 0 saturated heterocycles. The first kappa shape index (κ1) is 14.6. The van der Waals surface area contributed by atoms with Gasteiger partial charge in [-0.3, -0.25) is 4.79 Å². The molecule has 0 aromatic rings. The van der Waals surface area contributed by atoms with Crippen LogP contribution in [0.25, 0.3) is 0 Å². The molecule has 3 nitrogen and oxygen atoms in total. The van der Waals surface area contributed by atoms with Crippen molar-refractivity contribution in [1.29, 1.82) is 5.26 Å². The third kappa shape index (κ3) is 3.49. The van der Waals surface area contributed by atoms with Crippen LogP contribution in [0.3, 0.4) is 0 Å². The summed E-state index contributed by atoms with van der Waals surface area (Å²) >= 11 is 0. The Morgan fingerprint density at radius 2 is 2.28 bits per heavy atom. The van der Waals surface area contributed by atoms with Crippen molar-refractivity contribution in [3.63, 3.8) is 0 Å². The minimum atomic E-state index is -4.31. The summed E-state index contributed by atoms with van der Waals surface area (Å²) in [5.74, 6) is -1.10. The summed E-state index contributed by atoms with van der Waals surface area (Å²) < 4.78 is 37.2. The molecule has 100 valence electrons. The van der Waals surface area contributed by atoms with Crippen LogP contribution in [0.1, 0.15) is 26.2 Å². The topological polar surface area (TPSA) is 44.1 Å². The second-order valence-corrected chi connectivity index (χ2v) is 4.23. The van der Waals surface area contributed by atoms with Gasteiger partial charge in [0.15, 0.2) is 0 Å². The lowest BCUT2D eigenvalue weighted by atomic mass is 10.0. The van der Waals surface area contributed by atoms with Crippen molar-refractivity contribution in [3.05, 3.63) is 11.6 Å². The molecule has 0 aromatic carbocycles. The van der Waals surface area contributed by atoms with E-state index in [4.69, 9.17) is 5.26 Å². The Kier molecular flexibility index (Phi) is 4.76. The molecule has 0 saturated carbocycles. The molecule has 1 atom stereocenters. The molecule has 1 heterocycles. The molecule has 0 spiro atoms. The third-order valence-corrected chi connectivity index (χ3v) is 2.92. The Morgan fingerprint density at radius 1 is 1.61 bits per heavy atom. The Hall–Kier alpha value is -1.51. The molecular formula is C12H15F3N2O. The van der Waals surface area contributed by atoms with Gasteiger partial charge < -0.3 is 4.90 Å². The van der Waals surface area contributed by atoms with E-state index < -0.39 is 17.7 Å². The summed E-state index contributed by atoms with van der Waals surface area (Å²) in [5, 5.41) is 8.85. The number of nitrogens with zero attached hydrogens (tertiary/aromatic N) is 2. The number of amides is 1. The van der Waals surface area contributed by atoms with E-state index in [2.05, 4.69) is 0 Å². The summed E-state index contributed by atoms with van der Waals surface area (Å²) in [5.41, 5.74) is -0.587. The average molecular weight is 260 g/mol. The molecule has 0 bridgehead atoms. The Morgan fingerprint density at radius 3 is 2.67 bits per heavy atom. The van der Waals surface area contributed by atoms with Crippen molar-refractivity contribution in [2.45, 2.75) is 32.4 Å². The van der Waals surface area contributed by atoms with E-state index in [-0.39, 0.29) is 25.4 Å². The fourth-order valence-corrected chi connectivity index (χ4v) is 1.88. The van der Waals surface area contributed by atoms with Gasteiger partial charge in [0.25, 0.3) is 0 Å². The van der Waals surface area contributed by atoms with E-state index in [0.29, 0.717) is 12.8 Å². The highest BCUT2D eigenvalue weighted by Gasteiger charge is 2.36.